The second-order valence-corrected chi connectivity index (χ2v) is 4.89. The molecule has 1 aliphatic heterocycles. The molecule has 3 nitrogen and oxygen atoms in total. The fourth-order valence-electron chi connectivity index (χ4n) is 2.13. The summed E-state index contributed by atoms with van der Waals surface area (Å²) >= 11 is 6.17. The lowest BCUT2D eigenvalue weighted by Crippen LogP contribution is -2.41. The Hall–Kier alpha value is -0.770. The van der Waals surface area contributed by atoms with Crippen molar-refractivity contribution in [3.05, 3.63) is 28.8 Å². The average molecular weight is 255 g/mol. The maximum absolute atomic E-state index is 6.17. The minimum absolute atomic E-state index is 0.351. The summed E-state index contributed by atoms with van der Waals surface area (Å²) in [6.07, 6.45) is 1.41. The number of hydrogen-bond donors (Lipinski definition) is 1. The monoisotopic (exact) mass is 254 g/mol. The van der Waals surface area contributed by atoms with Crippen LogP contribution in [0.2, 0.25) is 5.02 Å². The van der Waals surface area contributed by atoms with Gasteiger partial charge >= 0.3 is 0 Å². The topological polar surface area (TPSA) is 38.5 Å². The molecule has 1 atom stereocenters. The number of nitrogen functional groups attached to an aromatic ring is 1. The summed E-state index contributed by atoms with van der Waals surface area (Å²) in [4.78, 5) is 2.37. The van der Waals surface area contributed by atoms with Crippen molar-refractivity contribution < 1.29 is 4.74 Å². The van der Waals surface area contributed by atoms with E-state index in [1.807, 2.05) is 18.2 Å². The first kappa shape index (κ1) is 12.7. The molecule has 2 N–H and O–H groups in total. The van der Waals surface area contributed by atoms with Crippen molar-refractivity contribution in [1.29, 1.82) is 0 Å². The Balaban J connectivity index is 2.02. The highest BCUT2D eigenvalue weighted by atomic mass is 35.5. The molecule has 1 heterocycles. The van der Waals surface area contributed by atoms with E-state index in [2.05, 4.69) is 11.8 Å². The van der Waals surface area contributed by atoms with Crippen LogP contribution in [0.3, 0.4) is 0 Å². The number of rotatable bonds is 3. The Morgan fingerprint density at radius 1 is 1.53 bits per heavy atom. The molecule has 0 aliphatic carbocycles. The van der Waals surface area contributed by atoms with Crippen molar-refractivity contribution >= 4 is 17.3 Å². The van der Waals surface area contributed by atoms with E-state index >= 15 is 0 Å². The molecule has 94 valence electrons. The van der Waals surface area contributed by atoms with E-state index in [0.717, 1.165) is 48.9 Å². The van der Waals surface area contributed by atoms with Crippen LogP contribution < -0.4 is 5.73 Å². The normalized spacial score (nSPS) is 21.6. The van der Waals surface area contributed by atoms with Crippen molar-refractivity contribution in [3.63, 3.8) is 0 Å². The Morgan fingerprint density at radius 3 is 3.12 bits per heavy atom. The molecule has 1 aromatic rings. The summed E-state index contributed by atoms with van der Waals surface area (Å²) < 4.78 is 5.65. The molecule has 0 bridgehead atoms. The van der Waals surface area contributed by atoms with Gasteiger partial charge in [-0.3, -0.25) is 4.90 Å². The molecule has 1 aliphatic rings. The number of benzene rings is 1. The smallest absolute Gasteiger partial charge is 0.0700 e. The van der Waals surface area contributed by atoms with Crippen molar-refractivity contribution in [2.75, 3.05) is 25.4 Å². The quantitative estimate of drug-likeness (QED) is 0.843. The molecular weight excluding hydrogens is 236 g/mol. The van der Waals surface area contributed by atoms with E-state index in [0.29, 0.717) is 6.10 Å². The molecule has 0 spiro atoms. The Bertz CT molecular complexity index is 384. The first-order valence-electron chi connectivity index (χ1n) is 6.07. The van der Waals surface area contributed by atoms with Crippen molar-refractivity contribution in [3.8, 4) is 0 Å². The Kier molecular flexibility index (Phi) is 4.26. The maximum atomic E-state index is 6.17. The van der Waals surface area contributed by atoms with Crippen LogP contribution in [0.5, 0.6) is 0 Å². The third kappa shape index (κ3) is 3.35. The minimum atomic E-state index is 0.351. The molecular formula is C13H19ClN2O. The van der Waals surface area contributed by atoms with E-state index in [1.165, 1.54) is 0 Å². The van der Waals surface area contributed by atoms with Crippen LogP contribution in [0.4, 0.5) is 5.69 Å². The van der Waals surface area contributed by atoms with Gasteiger partial charge in [-0.2, -0.15) is 0 Å². The van der Waals surface area contributed by atoms with E-state index in [9.17, 15) is 0 Å². The molecule has 17 heavy (non-hydrogen) atoms. The summed E-state index contributed by atoms with van der Waals surface area (Å²) in [5, 5.41) is 0.791. The zero-order valence-corrected chi connectivity index (χ0v) is 10.9. The third-order valence-electron chi connectivity index (χ3n) is 3.14. The van der Waals surface area contributed by atoms with Crippen molar-refractivity contribution in [2.24, 2.45) is 0 Å². The largest absolute Gasteiger partial charge is 0.399 e. The molecule has 1 aromatic carbocycles. The Morgan fingerprint density at radius 2 is 2.35 bits per heavy atom. The van der Waals surface area contributed by atoms with Gasteiger partial charge in [0.1, 0.15) is 0 Å². The molecule has 0 radical (unpaired) electrons. The van der Waals surface area contributed by atoms with Gasteiger partial charge < -0.3 is 10.5 Å². The first-order chi connectivity index (χ1) is 8.19. The van der Waals surface area contributed by atoms with E-state index in [4.69, 9.17) is 22.1 Å². The number of hydrogen-bond acceptors (Lipinski definition) is 3. The number of halogens is 1. The van der Waals surface area contributed by atoms with Gasteiger partial charge in [-0.1, -0.05) is 18.5 Å². The lowest BCUT2D eigenvalue weighted by Gasteiger charge is -2.32. The van der Waals surface area contributed by atoms with Gasteiger partial charge in [-0.15, -0.1) is 0 Å². The van der Waals surface area contributed by atoms with Gasteiger partial charge in [0, 0.05) is 30.3 Å². The number of ether oxygens (including phenoxy) is 1. The predicted molar refractivity (Wildman–Crippen MR) is 71.2 cm³/mol. The van der Waals surface area contributed by atoms with Gasteiger partial charge in [-0.05, 0) is 30.2 Å². The van der Waals surface area contributed by atoms with Crippen LogP contribution in [-0.2, 0) is 11.3 Å². The standard InChI is InChI=1S/C13H19ClN2O/c1-2-12-9-16(5-6-17-12)8-10-7-11(15)3-4-13(10)14/h3-4,7,12H,2,5-6,8-9,15H2,1H3. The lowest BCUT2D eigenvalue weighted by molar-refractivity contribution is -0.0324. The number of nitrogens with two attached hydrogens (primary N) is 1. The van der Waals surface area contributed by atoms with Gasteiger partial charge in [-0.25, -0.2) is 0 Å². The first-order valence-corrected chi connectivity index (χ1v) is 6.44. The zero-order chi connectivity index (χ0) is 12.3. The second kappa shape index (κ2) is 5.71. The molecule has 1 saturated heterocycles. The lowest BCUT2D eigenvalue weighted by atomic mass is 10.1. The second-order valence-electron chi connectivity index (χ2n) is 4.49. The summed E-state index contributed by atoms with van der Waals surface area (Å²) in [6, 6.07) is 5.66. The zero-order valence-electron chi connectivity index (χ0n) is 10.2. The molecule has 4 heteroatoms. The van der Waals surface area contributed by atoms with E-state index in [-0.39, 0.29) is 0 Å². The van der Waals surface area contributed by atoms with Crippen LogP contribution in [0.25, 0.3) is 0 Å². The van der Waals surface area contributed by atoms with Crippen molar-refractivity contribution in [1.82, 2.24) is 4.90 Å². The van der Waals surface area contributed by atoms with Crippen LogP contribution in [-0.4, -0.2) is 30.7 Å². The van der Waals surface area contributed by atoms with Crippen LogP contribution in [0, 0.1) is 0 Å². The molecule has 0 aromatic heterocycles. The molecule has 0 saturated carbocycles. The summed E-state index contributed by atoms with van der Waals surface area (Å²) in [5.74, 6) is 0. The predicted octanol–water partition coefficient (Wildman–Crippen LogP) is 2.53. The Labute approximate surface area is 107 Å². The summed E-state index contributed by atoms with van der Waals surface area (Å²) in [5.41, 5.74) is 7.65. The van der Waals surface area contributed by atoms with Gasteiger partial charge in [0.2, 0.25) is 0 Å². The fourth-order valence-corrected chi connectivity index (χ4v) is 2.31. The molecule has 1 fully saturated rings. The molecule has 1 unspecified atom stereocenters. The highest BCUT2D eigenvalue weighted by Crippen LogP contribution is 2.21. The van der Waals surface area contributed by atoms with Gasteiger partial charge in [0.05, 0.1) is 12.7 Å². The van der Waals surface area contributed by atoms with Gasteiger partial charge in [0.25, 0.3) is 0 Å². The average Bonchev–Trinajstić information content (AvgIpc) is 2.34. The number of morpholine rings is 1. The highest BCUT2D eigenvalue weighted by molar-refractivity contribution is 6.31. The van der Waals surface area contributed by atoms with Crippen LogP contribution in [0.15, 0.2) is 18.2 Å². The fraction of sp³-hybridized carbons (Fsp3) is 0.538. The summed E-state index contributed by atoms with van der Waals surface area (Å²) in [7, 11) is 0. The van der Waals surface area contributed by atoms with Crippen molar-refractivity contribution in [2.45, 2.75) is 26.0 Å². The highest BCUT2D eigenvalue weighted by Gasteiger charge is 2.19. The molecule has 0 amide bonds. The summed E-state index contributed by atoms with van der Waals surface area (Å²) in [6.45, 7) is 5.74. The van der Waals surface area contributed by atoms with Crippen LogP contribution >= 0.6 is 11.6 Å². The third-order valence-corrected chi connectivity index (χ3v) is 3.51. The SMILES string of the molecule is CCC1CN(Cc2cc(N)ccc2Cl)CCO1. The number of nitrogens with zero attached hydrogens (tertiary/aromatic N) is 1. The molecule has 2 rings (SSSR count). The number of anilines is 1. The maximum Gasteiger partial charge on any atom is 0.0700 e. The van der Waals surface area contributed by atoms with E-state index < -0.39 is 0 Å². The van der Waals surface area contributed by atoms with E-state index in [1.54, 1.807) is 0 Å². The van der Waals surface area contributed by atoms with Crippen LogP contribution in [0.1, 0.15) is 18.9 Å². The van der Waals surface area contributed by atoms with Gasteiger partial charge in [0.15, 0.2) is 0 Å². The minimum Gasteiger partial charge on any atom is -0.399 e.